The molecule has 0 aromatic carbocycles. The van der Waals surface area contributed by atoms with Gasteiger partial charge in [0.05, 0.1) is 12.6 Å². The lowest BCUT2D eigenvalue weighted by Gasteiger charge is -2.36. The number of likely N-dealkylation sites (N-methyl/N-ethyl adjacent to an activating group) is 1. The van der Waals surface area contributed by atoms with E-state index in [1.165, 1.54) is 0 Å². The zero-order chi connectivity index (χ0) is 10.8. The van der Waals surface area contributed by atoms with Crippen molar-refractivity contribution in [3.05, 3.63) is 0 Å². The van der Waals surface area contributed by atoms with Crippen LogP contribution in [-0.4, -0.2) is 60.9 Å². The van der Waals surface area contributed by atoms with Crippen molar-refractivity contribution in [3.8, 4) is 0 Å². The molecule has 2 fully saturated rings. The lowest BCUT2D eigenvalue weighted by molar-refractivity contribution is -0.139. The van der Waals surface area contributed by atoms with Gasteiger partial charge in [0.1, 0.15) is 0 Å². The number of nitrogens with zero attached hydrogens (tertiary/aromatic N) is 2. The molecule has 0 atom stereocenters. The quantitative estimate of drug-likeness (QED) is 0.654. The fourth-order valence-electron chi connectivity index (χ4n) is 1.90. The van der Waals surface area contributed by atoms with E-state index in [4.69, 9.17) is 0 Å². The highest BCUT2D eigenvalue weighted by molar-refractivity contribution is 5.86. The van der Waals surface area contributed by atoms with Crippen molar-refractivity contribution < 1.29 is 9.59 Å². The number of likely N-dealkylation sites (tertiary alicyclic amines) is 1. The molecule has 2 rings (SSSR count). The number of hydrogen-bond acceptors (Lipinski definition) is 3. The Balaban J connectivity index is 1.82. The lowest BCUT2D eigenvalue weighted by atomic mass is 10.1. The predicted molar refractivity (Wildman–Crippen MR) is 55.2 cm³/mol. The monoisotopic (exact) mass is 211 g/mol. The third-order valence-electron chi connectivity index (χ3n) is 3.20. The zero-order valence-electron chi connectivity index (χ0n) is 9.03. The van der Waals surface area contributed by atoms with E-state index in [1.807, 2.05) is 7.05 Å². The van der Waals surface area contributed by atoms with Crippen LogP contribution in [0.3, 0.4) is 0 Å². The largest absolute Gasteiger partial charge is 0.339 e. The highest BCUT2D eigenvalue weighted by Crippen LogP contribution is 2.10. The van der Waals surface area contributed by atoms with Gasteiger partial charge < -0.3 is 15.1 Å². The number of hydrogen-bond donors (Lipinski definition) is 1. The van der Waals surface area contributed by atoms with E-state index in [9.17, 15) is 9.59 Å². The molecule has 2 amide bonds. The van der Waals surface area contributed by atoms with Gasteiger partial charge in [-0.3, -0.25) is 9.59 Å². The molecular weight excluding hydrogens is 194 g/mol. The molecule has 0 unspecified atom stereocenters. The third-order valence-corrected chi connectivity index (χ3v) is 3.20. The highest BCUT2D eigenvalue weighted by atomic mass is 16.2. The molecule has 0 aromatic heterocycles. The number of rotatable bonds is 3. The van der Waals surface area contributed by atoms with Crippen LogP contribution in [0.25, 0.3) is 0 Å². The second-order valence-corrected chi connectivity index (χ2v) is 4.24. The number of nitrogens with one attached hydrogen (secondary N) is 1. The van der Waals surface area contributed by atoms with E-state index < -0.39 is 0 Å². The summed E-state index contributed by atoms with van der Waals surface area (Å²) in [6.07, 6.45) is 1.49. The molecule has 1 N–H and O–H groups in total. The van der Waals surface area contributed by atoms with Crippen molar-refractivity contribution >= 4 is 11.8 Å². The Labute approximate surface area is 89.4 Å². The number of carbonyl (C=O) groups is 2. The standard InChI is InChI=1S/C10H17N3O2/c1-12(8-5-11-6-8)10(15)7-13-4-2-3-9(13)14/h8,11H,2-7H2,1H3. The molecule has 0 aromatic rings. The summed E-state index contributed by atoms with van der Waals surface area (Å²) in [6, 6.07) is 0.315. The minimum atomic E-state index is 0.0525. The second kappa shape index (κ2) is 4.18. The Morgan fingerprint density at radius 3 is 2.80 bits per heavy atom. The van der Waals surface area contributed by atoms with Crippen molar-refractivity contribution in [2.75, 3.05) is 33.2 Å². The summed E-state index contributed by atoms with van der Waals surface area (Å²) >= 11 is 0. The first-order valence-electron chi connectivity index (χ1n) is 5.42. The molecule has 2 aliphatic rings. The summed E-state index contributed by atoms with van der Waals surface area (Å²) in [5.41, 5.74) is 0. The summed E-state index contributed by atoms with van der Waals surface area (Å²) in [4.78, 5) is 26.5. The first-order chi connectivity index (χ1) is 7.18. The molecule has 0 spiro atoms. The Morgan fingerprint density at radius 1 is 1.60 bits per heavy atom. The first-order valence-corrected chi connectivity index (χ1v) is 5.42. The maximum atomic E-state index is 11.8. The van der Waals surface area contributed by atoms with Crippen LogP contribution in [0, 0.1) is 0 Å². The molecule has 15 heavy (non-hydrogen) atoms. The van der Waals surface area contributed by atoms with Crippen LogP contribution >= 0.6 is 0 Å². The minimum absolute atomic E-state index is 0.0525. The molecule has 5 nitrogen and oxygen atoms in total. The van der Waals surface area contributed by atoms with Gasteiger partial charge in [0, 0.05) is 33.1 Å². The topological polar surface area (TPSA) is 52.7 Å². The third kappa shape index (κ3) is 2.12. The molecule has 2 heterocycles. The van der Waals surface area contributed by atoms with Gasteiger partial charge in [-0.15, -0.1) is 0 Å². The molecule has 0 saturated carbocycles. The van der Waals surface area contributed by atoms with E-state index in [0.29, 0.717) is 12.5 Å². The van der Waals surface area contributed by atoms with Crippen LogP contribution in [0.15, 0.2) is 0 Å². The first kappa shape index (κ1) is 10.4. The lowest BCUT2D eigenvalue weighted by Crippen LogP contribution is -2.58. The summed E-state index contributed by atoms with van der Waals surface area (Å²) in [5, 5.41) is 3.12. The molecule has 2 saturated heterocycles. The van der Waals surface area contributed by atoms with E-state index in [-0.39, 0.29) is 18.4 Å². The molecule has 5 heteroatoms. The average Bonchev–Trinajstić information content (AvgIpc) is 2.49. The van der Waals surface area contributed by atoms with E-state index in [2.05, 4.69) is 5.32 Å². The normalized spacial score (nSPS) is 21.7. The summed E-state index contributed by atoms with van der Waals surface area (Å²) < 4.78 is 0. The van der Waals surface area contributed by atoms with Gasteiger partial charge in [-0.2, -0.15) is 0 Å². The Morgan fingerprint density at radius 2 is 2.33 bits per heavy atom. The summed E-state index contributed by atoms with van der Waals surface area (Å²) in [5.74, 6) is 0.167. The van der Waals surface area contributed by atoms with Crippen LogP contribution in [0.2, 0.25) is 0 Å². The van der Waals surface area contributed by atoms with Crippen LogP contribution < -0.4 is 5.32 Å². The van der Waals surface area contributed by atoms with Gasteiger partial charge in [0.15, 0.2) is 0 Å². The maximum Gasteiger partial charge on any atom is 0.242 e. The number of amides is 2. The smallest absolute Gasteiger partial charge is 0.242 e. The van der Waals surface area contributed by atoms with Crippen LogP contribution in [0.1, 0.15) is 12.8 Å². The van der Waals surface area contributed by atoms with E-state index in [0.717, 1.165) is 26.1 Å². The van der Waals surface area contributed by atoms with Crippen molar-refractivity contribution in [1.29, 1.82) is 0 Å². The Kier molecular flexibility index (Phi) is 2.90. The van der Waals surface area contributed by atoms with Crippen LogP contribution in [0.4, 0.5) is 0 Å². The molecule has 2 aliphatic heterocycles. The molecule has 84 valence electrons. The Bertz CT molecular complexity index is 276. The predicted octanol–water partition coefficient (Wildman–Crippen LogP) is -0.961. The van der Waals surface area contributed by atoms with Gasteiger partial charge in [-0.25, -0.2) is 0 Å². The molecular formula is C10H17N3O2. The summed E-state index contributed by atoms with van der Waals surface area (Å²) in [6.45, 7) is 2.74. The van der Waals surface area contributed by atoms with Crippen molar-refractivity contribution in [3.63, 3.8) is 0 Å². The average molecular weight is 211 g/mol. The number of carbonyl (C=O) groups excluding carboxylic acids is 2. The van der Waals surface area contributed by atoms with Gasteiger partial charge in [-0.1, -0.05) is 0 Å². The Hall–Kier alpha value is -1.10. The van der Waals surface area contributed by atoms with Gasteiger partial charge in [0.2, 0.25) is 11.8 Å². The van der Waals surface area contributed by atoms with Gasteiger partial charge in [0.25, 0.3) is 0 Å². The minimum Gasteiger partial charge on any atom is -0.339 e. The highest BCUT2D eigenvalue weighted by Gasteiger charge is 2.28. The maximum absolute atomic E-state index is 11.8. The van der Waals surface area contributed by atoms with Crippen molar-refractivity contribution in [2.24, 2.45) is 0 Å². The van der Waals surface area contributed by atoms with E-state index >= 15 is 0 Å². The van der Waals surface area contributed by atoms with Gasteiger partial charge >= 0.3 is 0 Å². The van der Waals surface area contributed by atoms with E-state index in [1.54, 1.807) is 9.80 Å². The van der Waals surface area contributed by atoms with Crippen molar-refractivity contribution in [1.82, 2.24) is 15.1 Å². The van der Waals surface area contributed by atoms with Gasteiger partial charge in [-0.05, 0) is 6.42 Å². The summed E-state index contributed by atoms with van der Waals surface area (Å²) in [7, 11) is 1.81. The fourth-order valence-corrected chi connectivity index (χ4v) is 1.90. The second-order valence-electron chi connectivity index (χ2n) is 4.24. The fraction of sp³-hybridized carbons (Fsp3) is 0.800. The van der Waals surface area contributed by atoms with Crippen LogP contribution in [0.5, 0.6) is 0 Å². The zero-order valence-corrected chi connectivity index (χ0v) is 9.03. The van der Waals surface area contributed by atoms with Crippen LogP contribution in [-0.2, 0) is 9.59 Å². The molecule has 0 aliphatic carbocycles. The molecule has 0 bridgehead atoms. The van der Waals surface area contributed by atoms with Crippen molar-refractivity contribution in [2.45, 2.75) is 18.9 Å². The SMILES string of the molecule is CN(C(=O)CN1CCCC1=O)C1CNC1. The molecule has 0 radical (unpaired) electrons.